The molecule has 2 aliphatic rings. The Balaban J connectivity index is 1.70. The van der Waals surface area contributed by atoms with Crippen molar-refractivity contribution >= 4 is 6.29 Å². The summed E-state index contributed by atoms with van der Waals surface area (Å²) in [6.07, 6.45) is 12.5. The third-order valence-electron chi connectivity index (χ3n) is 5.10. The Kier molecular flexibility index (Phi) is 5.04. The number of ether oxygens (including phenoxy) is 2. The van der Waals surface area contributed by atoms with E-state index in [4.69, 9.17) is 9.47 Å². The second-order valence-corrected chi connectivity index (χ2v) is 6.77. The molecule has 1 saturated carbocycles. The van der Waals surface area contributed by atoms with Crippen LogP contribution in [0.15, 0.2) is 29.8 Å². The van der Waals surface area contributed by atoms with Gasteiger partial charge in [0.15, 0.2) is 11.5 Å². The predicted molar refractivity (Wildman–Crippen MR) is 91.3 cm³/mol. The van der Waals surface area contributed by atoms with Crippen molar-refractivity contribution < 1.29 is 14.3 Å². The van der Waals surface area contributed by atoms with Gasteiger partial charge in [0.2, 0.25) is 0 Å². The van der Waals surface area contributed by atoms with Crippen molar-refractivity contribution in [1.82, 2.24) is 0 Å². The number of hydrogen-bond acceptors (Lipinski definition) is 3. The normalized spacial score (nSPS) is 19.4. The van der Waals surface area contributed by atoms with Crippen molar-refractivity contribution in [1.29, 1.82) is 0 Å². The lowest BCUT2D eigenvalue weighted by molar-refractivity contribution is 0.112. The van der Waals surface area contributed by atoms with Gasteiger partial charge in [-0.25, -0.2) is 0 Å². The molecule has 1 spiro atoms. The molecule has 0 unspecified atom stereocenters. The lowest BCUT2D eigenvalue weighted by Crippen LogP contribution is -2.19. The predicted octanol–water partition coefficient (Wildman–Crippen LogP) is 4.95. The molecule has 3 nitrogen and oxygen atoms in total. The summed E-state index contributed by atoms with van der Waals surface area (Å²) in [7, 11) is 0. The zero-order valence-corrected chi connectivity index (χ0v) is 14.0. The molecule has 0 aromatic heterocycles. The van der Waals surface area contributed by atoms with Gasteiger partial charge in [-0.15, -0.1) is 0 Å². The first-order valence-corrected chi connectivity index (χ1v) is 8.80. The average molecular weight is 314 g/mol. The monoisotopic (exact) mass is 314 g/mol. The number of aldehydes is 1. The van der Waals surface area contributed by atoms with Crippen molar-refractivity contribution in [2.75, 3.05) is 13.2 Å². The SMILES string of the molecule is CCOc1cc(C=O)ccc1OCC1=CC2(CCCC2)CCC1. The molecule has 2 aliphatic carbocycles. The van der Waals surface area contributed by atoms with Crippen LogP contribution in [0.5, 0.6) is 11.5 Å². The second kappa shape index (κ2) is 7.20. The Bertz CT molecular complexity index is 583. The molecule has 0 heterocycles. The molecule has 0 amide bonds. The van der Waals surface area contributed by atoms with Gasteiger partial charge in [-0.2, -0.15) is 0 Å². The summed E-state index contributed by atoms with van der Waals surface area (Å²) in [6.45, 7) is 3.12. The zero-order chi connectivity index (χ0) is 16.1. The number of rotatable bonds is 6. The van der Waals surface area contributed by atoms with E-state index in [0.29, 0.717) is 29.9 Å². The van der Waals surface area contributed by atoms with E-state index >= 15 is 0 Å². The van der Waals surface area contributed by atoms with Gasteiger partial charge in [0.1, 0.15) is 12.9 Å². The molecule has 3 heteroatoms. The van der Waals surface area contributed by atoms with E-state index in [2.05, 4.69) is 6.08 Å². The Labute approximate surface area is 138 Å². The Morgan fingerprint density at radius 3 is 2.61 bits per heavy atom. The molecule has 0 atom stereocenters. The summed E-state index contributed by atoms with van der Waals surface area (Å²) in [5.41, 5.74) is 2.49. The zero-order valence-electron chi connectivity index (χ0n) is 14.0. The minimum atomic E-state index is 0.459. The molecule has 0 bridgehead atoms. The highest BCUT2D eigenvalue weighted by molar-refractivity contribution is 5.76. The van der Waals surface area contributed by atoms with Crippen LogP contribution in [0.3, 0.4) is 0 Å². The lowest BCUT2D eigenvalue weighted by Gasteiger charge is -2.31. The van der Waals surface area contributed by atoms with Crippen LogP contribution in [0.1, 0.15) is 62.2 Å². The van der Waals surface area contributed by atoms with E-state index in [1.165, 1.54) is 44.1 Å². The van der Waals surface area contributed by atoms with Gasteiger partial charge in [-0.3, -0.25) is 4.79 Å². The third-order valence-corrected chi connectivity index (χ3v) is 5.10. The fraction of sp³-hybridized carbons (Fsp3) is 0.550. The van der Waals surface area contributed by atoms with Gasteiger partial charge in [0.05, 0.1) is 6.61 Å². The molecule has 0 saturated heterocycles. The Morgan fingerprint density at radius 1 is 1.09 bits per heavy atom. The van der Waals surface area contributed by atoms with Gasteiger partial charge in [-0.1, -0.05) is 18.9 Å². The summed E-state index contributed by atoms with van der Waals surface area (Å²) < 4.78 is 11.6. The highest BCUT2D eigenvalue weighted by Crippen LogP contribution is 2.47. The van der Waals surface area contributed by atoms with Gasteiger partial charge < -0.3 is 9.47 Å². The maximum absolute atomic E-state index is 10.9. The van der Waals surface area contributed by atoms with Crippen LogP contribution in [0.2, 0.25) is 0 Å². The van der Waals surface area contributed by atoms with Crippen LogP contribution >= 0.6 is 0 Å². The van der Waals surface area contributed by atoms with Crippen molar-refractivity contribution in [2.45, 2.75) is 51.9 Å². The molecule has 0 radical (unpaired) electrons. The maximum Gasteiger partial charge on any atom is 0.161 e. The average Bonchev–Trinajstić information content (AvgIpc) is 3.01. The smallest absolute Gasteiger partial charge is 0.161 e. The molecule has 3 rings (SSSR count). The number of hydrogen-bond donors (Lipinski definition) is 0. The number of carbonyl (C=O) groups is 1. The molecule has 0 N–H and O–H groups in total. The van der Waals surface area contributed by atoms with Crippen LogP contribution in [0.4, 0.5) is 0 Å². The summed E-state index contributed by atoms with van der Waals surface area (Å²) >= 11 is 0. The topological polar surface area (TPSA) is 35.5 Å². The van der Waals surface area contributed by atoms with Crippen LogP contribution in [0.25, 0.3) is 0 Å². The lowest BCUT2D eigenvalue weighted by atomic mass is 9.75. The minimum absolute atomic E-state index is 0.459. The molecule has 1 fully saturated rings. The summed E-state index contributed by atoms with van der Waals surface area (Å²) in [6, 6.07) is 5.36. The van der Waals surface area contributed by atoms with Gasteiger partial charge in [0.25, 0.3) is 0 Å². The second-order valence-electron chi connectivity index (χ2n) is 6.77. The quantitative estimate of drug-likeness (QED) is 0.550. The van der Waals surface area contributed by atoms with Crippen LogP contribution in [-0.2, 0) is 0 Å². The number of benzene rings is 1. The van der Waals surface area contributed by atoms with E-state index in [9.17, 15) is 4.79 Å². The molecule has 23 heavy (non-hydrogen) atoms. The molecule has 1 aromatic rings. The van der Waals surface area contributed by atoms with E-state index in [0.717, 1.165) is 18.5 Å². The summed E-state index contributed by atoms with van der Waals surface area (Å²) in [4.78, 5) is 10.9. The molecular formula is C20H26O3. The van der Waals surface area contributed by atoms with E-state index in [1.54, 1.807) is 12.1 Å². The fourth-order valence-electron chi connectivity index (χ4n) is 3.99. The summed E-state index contributed by atoms with van der Waals surface area (Å²) in [5, 5.41) is 0. The first-order chi connectivity index (χ1) is 11.2. The largest absolute Gasteiger partial charge is 0.490 e. The van der Waals surface area contributed by atoms with Crippen LogP contribution in [-0.4, -0.2) is 19.5 Å². The van der Waals surface area contributed by atoms with Crippen LogP contribution in [0, 0.1) is 5.41 Å². The van der Waals surface area contributed by atoms with E-state index in [1.807, 2.05) is 13.0 Å². The standard InChI is InChI=1S/C20H26O3/c1-2-22-19-12-16(14-21)7-8-18(19)23-15-17-6-5-11-20(13-17)9-3-4-10-20/h7-8,12-14H,2-6,9-11,15H2,1H3. The van der Waals surface area contributed by atoms with E-state index < -0.39 is 0 Å². The van der Waals surface area contributed by atoms with Crippen molar-refractivity contribution in [3.8, 4) is 11.5 Å². The van der Waals surface area contributed by atoms with Gasteiger partial charge >= 0.3 is 0 Å². The van der Waals surface area contributed by atoms with E-state index in [-0.39, 0.29) is 0 Å². The molecule has 0 aliphatic heterocycles. The first kappa shape index (κ1) is 16.1. The first-order valence-electron chi connectivity index (χ1n) is 8.80. The minimum Gasteiger partial charge on any atom is -0.490 e. The number of allylic oxidation sites excluding steroid dienone is 1. The Hall–Kier alpha value is -1.77. The maximum atomic E-state index is 10.9. The Morgan fingerprint density at radius 2 is 1.87 bits per heavy atom. The van der Waals surface area contributed by atoms with Crippen molar-refractivity contribution in [3.05, 3.63) is 35.4 Å². The van der Waals surface area contributed by atoms with Crippen molar-refractivity contribution in [2.24, 2.45) is 5.41 Å². The van der Waals surface area contributed by atoms with Crippen LogP contribution < -0.4 is 9.47 Å². The molecule has 124 valence electrons. The molecular weight excluding hydrogens is 288 g/mol. The highest BCUT2D eigenvalue weighted by Gasteiger charge is 2.33. The number of carbonyl (C=O) groups excluding carboxylic acids is 1. The van der Waals surface area contributed by atoms with Gasteiger partial charge in [0, 0.05) is 5.56 Å². The third kappa shape index (κ3) is 3.77. The fourth-order valence-corrected chi connectivity index (χ4v) is 3.99. The summed E-state index contributed by atoms with van der Waals surface area (Å²) in [5.74, 6) is 1.38. The highest BCUT2D eigenvalue weighted by atomic mass is 16.5. The van der Waals surface area contributed by atoms with Crippen molar-refractivity contribution in [3.63, 3.8) is 0 Å². The van der Waals surface area contributed by atoms with Gasteiger partial charge in [-0.05, 0) is 68.2 Å². The molecule has 1 aromatic carbocycles.